The van der Waals surface area contributed by atoms with Gasteiger partial charge in [0.05, 0.1) is 0 Å². The number of hydrogen-bond donors (Lipinski definition) is 2. The summed E-state index contributed by atoms with van der Waals surface area (Å²) < 4.78 is 37.7. The Morgan fingerprint density at radius 2 is 1.86 bits per heavy atom. The lowest BCUT2D eigenvalue weighted by Gasteiger charge is -2.12. The van der Waals surface area contributed by atoms with Crippen LogP contribution in [0.15, 0.2) is 6.07 Å². The summed E-state index contributed by atoms with van der Waals surface area (Å²) in [6, 6.07) is 1.08. The monoisotopic (exact) mass is 207 g/mol. The Bertz CT molecular complexity index is 374. The summed E-state index contributed by atoms with van der Waals surface area (Å²) in [7, 11) is 0. The van der Waals surface area contributed by atoms with Crippen molar-refractivity contribution < 1.29 is 23.1 Å². The quantitative estimate of drug-likeness (QED) is 0.499. The lowest BCUT2D eigenvalue weighted by Crippen LogP contribution is -2.40. The zero-order valence-corrected chi connectivity index (χ0v) is 7.68. The molecule has 0 aliphatic heterocycles. The molecule has 0 saturated carbocycles. The van der Waals surface area contributed by atoms with Crippen molar-refractivity contribution in [3.05, 3.63) is 22.9 Å². The summed E-state index contributed by atoms with van der Waals surface area (Å²) in [5.41, 5.74) is 4.11. The van der Waals surface area contributed by atoms with Crippen LogP contribution >= 0.6 is 0 Å². The Kier molecular flexibility index (Phi) is 2.31. The average Bonchev–Trinajstić information content (AvgIpc) is 1.97. The summed E-state index contributed by atoms with van der Waals surface area (Å²) in [5.74, 6) is -0.118. The molecule has 0 amide bonds. The van der Waals surface area contributed by atoms with Gasteiger partial charge in [0, 0.05) is 13.0 Å². The second-order valence-corrected chi connectivity index (χ2v) is 3.02. The molecule has 1 heterocycles. The fourth-order valence-corrected chi connectivity index (χ4v) is 1.37. The molecule has 0 saturated heterocycles. The van der Waals surface area contributed by atoms with E-state index in [1.165, 1.54) is 6.92 Å². The van der Waals surface area contributed by atoms with Gasteiger partial charge in [-0.3, -0.25) is 5.73 Å². The van der Waals surface area contributed by atoms with Crippen LogP contribution in [0, 0.1) is 13.8 Å². The van der Waals surface area contributed by atoms with E-state index in [0.717, 1.165) is 13.0 Å². The van der Waals surface area contributed by atoms with Gasteiger partial charge in [-0.05, 0) is 17.2 Å². The zero-order chi connectivity index (χ0) is 11.1. The van der Waals surface area contributed by atoms with Gasteiger partial charge in [0.25, 0.3) is 0 Å². The molecular formula is C8H10F3N2O+. The molecular weight excluding hydrogens is 197 g/mol. The molecule has 1 rings (SSSR count). The van der Waals surface area contributed by atoms with Crippen molar-refractivity contribution in [3.63, 3.8) is 0 Å². The van der Waals surface area contributed by atoms with Crippen molar-refractivity contribution in [2.45, 2.75) is 20.0 Å². The van der Waals surface area contributed by atoms with Crippen LogP contribution in [0.5, 0.6) is 0 Å². The van der Waals surface area contributed by atoms with Crippen LogP contribution in [-0.4, -0.2) is 5.21 Å². The van der Waals surface area contributed by atoms with Crippen LogP contribution in [0.4, 0.5) is 19.0 Å². The minimum atomic E-state index is -4.48. The Morgan fingerprint density at radius 3 is 2.29 bits per heavy atom. The highest BCUT2D eigenvalue weighted by atomic mass is 19.4. The van der Waals surface area contributed by atoms with Crippen LogP contribution in [-0.2, 0) is 6.18 Å². The molecule has 0 fully saturated rings. The topological polar surface area (TPSA) is 50.1 Å². The molecule has 0 aliphatic carbocycles. The molecule has 14 heavy (non-hydrogen) atoms. The van der Waals surface area contributed by atoms with Crippen LogP contribution in [0.25, 0.3) is 0 Å². The van der Waals surface area contributed by atoms with E-state index in [-0.39, 0.29) is 17.1 Å². The Morgan fingerprint density at radius 1 is 1.36 bits per heavy atom. The van der Waals surface area contributed by atoms with Gasteiger partial charge < -0.3 is 5.21 Å². The van der Waals surface area contributed by atoms with E-state index in [4.69, 9.17) is 10.9 Å². The molecule has 0 bridgehead atoms. The van der Waals surface area contributed by atoms with Crippen molar-refractivity contribution in [2.75, 3.05) is 5.73 Å². The van der Waals surface area contributed by atoms with Gasteiger partial charge in [-0.2, -0.15) is 13.2 Å². The Labute approximate surface area is 78.5 Å². The first-order chi connectivity index (χ1) is 6.25. The minimum Gasteiger partial charge on any atom is -0.349 e. The first-order valence-electron chi connectivity index (χ1n) is 3.83. The van der Waals surface area contributed by atoms with E-state index in [1.807, 2.05) is 0 Å². The van der Waals surface area contributed by atoms with Gasteiger partial charge in [-0.25, -0.2) is 0 Å². The minimum absolute atomic E-state index is 0.00204. The average molecular weight is 207 g/mol. The number of aromatic nitrogens is 1. The maximum atomic E-state index is 12.5. The van der Waals surface area contributed by atoms with Crippen LogP contribution in [0.1, 0.15) is 16.8 Å². The van der Waals surface area contributed by atoms with Gasteiger partial charge in [-0.1, -0.05) is 0 Å². The zero-order valence-electron chi connectivity index (χ0n) is 7.68. The maximum Gasteiger partial charge on any atom is 0.420 e. The fourth-order valence-electron chi connectivity index (χ4n) is 1.37. The van der Waals surface area contributed by atoms with Crippen molar-refractivity contribution in [1.82, 2.24) is 0 Å². The van der Waals surface area contributed by atoms with Gasteiger partial charge in [0.1, 0.15) is 5.56 Å². The first kappa shape index (κ1) is 10.6. The first-order valence-corrected chi connectivity index (χ1v) is 3.83. The summed E-state index contributed by atoms with van der Waals surface area (Å²) in [6.07, 6.45) is -4.48. The number of nitrogens with zero attached hydrogens (tertiary/aromatic N) is 1. The van der Waals surface area contributed by atoms with Crippen molar-refractivity contribution in [2.24, 2.45) is 0 Å². The fraction of sp³-hybridized carbons (Fsp3) is 0.375. The summed E-state index contributed by atoms with van der Waals surface area (Å²) in [5, 5.41) is 9.17. The van der Waals surface area contributed by atoms with E-state index in [2.05, 4.69) is 0 Å². The van der Waals surface area contributed by atoms with E-state index in [0.29, 0.717) is 4.73 Å². The number of hydrogen-bond acceptors (Lipinski definition) is 2. The van der Waals surface area contributed by atoms with Crippen LogP contribution in [0.3, 0.4) is 0 Å². The van der Waals surface area contributed by atoms with E-state index in [1.54, 1.807) is 0 Å². The second-order valence-electron chi connectivity index (χ2n) is 3.02. The molecule has 0 unspecified atom stereocenters. The molecule has 0 aliphatic rings. The largest absolute Gasteiger partial charge is 0.420 e. The smallest absolute Gasteiger partial charge is 0.349 e. The lowest BCUT2D eigenvalue weighted by molar-refractivity contribution is -0.898. The molecule has 6 heteroatoms. The molecule has 3 nitrogen and oxygen atoms in total. The third-order valence-electron chi connectivity index (χ3n) is 1.97. The second kappa shape index (κ2) is 3.04. The number of nitrogens with two attached hydrogens (primary N) is 1. The molecule has 0 radical (unpaired) electrons. The number of anilines is 1. The van der Waals surface area contributed by atoms with Crippen molar-refractivity contribution in [3.8, 4) is 0 Å². The highest BCUT2D eigenvalue weighted by molar-refractivity contribution is 5.36. The predicted octanol–water partition coefficient (Wildman–Crippen LogP) is 1.43. The van der Waals surface area contributed by atoms with Gasteiger partial charge in [0.2, 0.25) is 0 Å². The third-order valence-corrected chi connectivity index (χ3v) is 1.97. The molecule has 1 aromatic heterocycles. The van der Waals surface area contributed by atoms with Gasteiger partial charge in [0.15, 0.2) is 5.69 Å². The third kappa shape index (κ3) is 1.59. The molecule has 0 atom stereocenters. The number of alkyl halides is 3. The number of rotatable bonds is 0. The lowest BCUT2D eigenvalue weighted by atomic mass is 10.1. The number of aryl methyl sites for hydroxylation is 1. The molecule has 3 N–H and O–H groups in total. The van der Waals surface area contributed by atoms with E-state index < -0.39 is 11.7 Å². The van der Waals surface area contributed by atoms with Crippen LogP contribution in [0.2, 0.25) is 0 Å². The molecule has 1 aromatic rings. The van der Waals surface area contributed by atoms with Gasteiger partial charge >= 0.3 is 12.0 Å². The predicted molar refractivity (Wildman–Crippen MR) is 42.7 cm³/mol. The molecule has 0 spiro atoms. The number of pyridine rings is 1. The summed E-state index contributed by atoms with van der Waals surface area (Å²) >= 11 is 0. The normalized spacial score (nSPS) is 11.8. The molecule has 0 aromatic carbocycles. The SMILES string of the molecule is Cc1cc(N)[n+](O)c(C)c1C(F)(F)F. The Hall–Kier alpha value is -1.46. The van der Waals surface area contributed by atoms with Crippen molar-refractivity contribution in [1.29, 1.82) is 0 Å². The highest BCUT2D eigenvalue weighted by Crippen LogP contribution is 2.33. The van der Waals surface area contributed by atoms with Gasteiger partial charge in [-0.15, -0.1) is 0 Å². The van der Waals surface area contributed by atoms with E-state index in [9.17, 15) is 13.2 Å². The summed E-state index contributed by atoms with van der Waals surface area (Å²) in [6.45, 7) is 2.46. The highest BCUT2D eigenvalue weighted by Gasteiger charge is 2.38. The Balaban J connectivity index is 3.53. The molecule has 78 valence electrons. The summed E-state index contributed by atoms with van der Waals surface area (Å²) in [4.78, 5) is 0. The van der Waals surface area contributed by atoms with E-state index >= 15 is 0 Å². The van der Waals surface area contributed by atoms with Crippen molar-refractivity contribution >= 4 is 5.82 Å². The number of halogens is 3. The maximum absolute atomic E-state index is 12.5. The van der Waals surface area contributed by atoms with Crippen LogP contribution < -0.4 is 10.5 Å². The standard InChI is InChI=1S/C8H9F3N2O/c1-4-3-6(12)13(14)5(2)7(4)8(9,10)11/h3,12,14H,1-2H3/p+1. The number of nitrogen functional groups attached to an aromatic ring is 1.